The van der Waals surface area contributed by atoms with Crippen molar-refractivity contribution >= 4 is 13.7 Å². The van der Waals surface area contributed by atoms with E-state index in [0.717, 1.165) is 96.3 Å². The van der Waals surface area contributed by atoms with Crippen LogP contribution in [0.5, 0.6) is 0 Å². The smallest absolute Gasteiger partial charge is 0.268 e. The van der Waals surface area contributed by atoms with E-state index in [1.165, 1.54) is 89.9 Å². The summed E-state index contributed by atoms with van der Waals surface area (Å²) in [5.74, 6) is -0.219. The summed E-state index contributed by atoms with van der Waals surface area (Å²) in [7, 11) is 1.22. The summed E-state index contributed by atoms with van der Waals surface area (Å²) in [6.07, 6.45) is 80.1. The molecule has 0 saturated heterocycles. The molecule has 1 amide bonds. The van der Waals surface area contributed by atoms with Crippen LogP contribution in [-0.4, -0.2) is 68.5 Å². The topological polar surface area (TPSA) is 108 Å². The van der Waals surface area contributed by atoms with Gasteiger partial charge in [0, 0.05) is 6.42 Å². The molecular weight excluding hydrogens is 912 g/mol. The van der Waals surface area contributed by atoms with Crippen molar-refractivity contribution in [3.8, 4) is 0 Å². The van der Waals surface area contributed by atoms with Crippen molar-refractivity contribution in [3.05, 3.63) is 134 Å². The first-order valence-corrected chi connectivity index (χ1v) is 30.0. The average Bonchev–Trinajstić information content (AvgIpc) is 3.34. The van der Waals surface area contributed by atoms with Crippen LogP contribution in [0.15, 0.2) is 134 Å². The van der Waals surface area contributed by atoms with E-state index < -0.39 is 26.6 Å². The van der Waals surface area contributed by atoms with Gasteiger partial charge in [-0.3, -0.25) is 9.36 Å². The lowest BCUT2D eigenvalue weighted by Crippen LogP contribution is -2.45. The van der Waals surface area contributed by atoms with Crippen molar-refractivity contribution in [2.24, 2.45) is 0 Å². The molecule has 0 bridgehead atoms. The zero-order valence-electron chi connectivity index (χ0n) is 46.6. The Hall–Kier alpha value is -3.36. The van der Waals surface area contributed by atoms with Gasteiger partial charge in [0.2, 0.25) is 5.91 Å². The highest BCUT2D eigenvalue weighted by atomic mass is 31.2. The number of rotatable bonds is 50. The standard InChI is InChI=1S/C63H107N2O6P/c1-6-8-10-12-14-16-17-18-19-20-21-22-23-24-25-26-27-28-29-30-31-32-33-34-35-36-37-38-39-40-41-42-43-44-45-46-47-49-51-53-55-57-63(67)64-61(60-71-72(68,69)70-59-58-65(3,4)5)62(66)56-54-52-50-48-15-13-11-9-7-2/h7-10,14-16,18-19,21-22,24-25,27-28,30-31,33-34,48,54,56,61-62,66H,6,11-13,17,20,23,26,29,32,35-47,49-53,55,57-60H2,1-5H3,(H-,64,67,68,69)/b9-7+,10-8-,16-14-,19-18-,22-21-,25-24-,28-27-,31-30-,34-33-,48-15+,56-54+. The Balaban J connectivity index is 3.93. The molecule has 8 nitrogen and oxygen atoms in total. The van der Waals surface area contributed by atoms with Gasteiger partial charge in [0.25, 0.3) is 7.82 Å². The Bertz CT molecular complexity index is 1630. The summed E-state index contributed by atoms with van der Waals surface area (Å²) in [5.41, 5.74) is 0. The molecule has 0 spiro atoms. The number of aliphatic hydroxyl groups excluding tert-OH is 1. The zero-order chi connectivity index (χ0) is 52.7. The molecule has 0 aliphatic rings. The summed E-state index contributed by atoms with van der Waals surface area (Å²) in [6, 6.07) is -0.914. The number of hydrogen-bond donors (Lipinski definition) is 2. The minimum Gasteiger partial charge on any atom is -0.756 e. The van der Waals surface area contributed by atoms with Crippen LogP contribution >= 0.6 is 7.82 Å². The van der Waals surface area contributed by atoms with E-state index in [1.54, 1.807) is 6.08 Å². The lowest BCUT2D eigenvalue weighted by Gasteiger charge is -2.29. The normalized spacial score (nSPS) is 14.9. The number of carbonyl (C=O) groups excluding carboxylic acids is 1. The zero-order valence-corrected chi connectivity index (χ0v) is 47.5. The third-order valence-corrected chi connectivity index (χ3v) is 12.9. The van der Waals surface area contributed by atoms with E-state index in [9.17, 15) is 19.4 Å². The molecule has 0 aromatic carbocycles. The first-order valence-electron chi connectivity index (χ1n) is 28.5. The highest BCUT2D eigenvalue weighted by Gasteiger charge is 2.23. The molecule has 0 aromatic heterocycles. The summed E-state index contributed by atoms with van der Waals surface area (Å²) >= 11 is 0. The molecule has 0 fully saturated rings. The number of likely N-dealkylation sites (N-methyl/N-ethyl adjacent to an activating group) is 1. The molecule has 0 heterocycles. The second-order valence-electron chi connectivity index (χ2n) is 19.9. The van der Waals surface area contributed by atoms with Crippen LogP contribution in [0.4, 0.5) is 0 Å². The second-order valence-corrected chi connectivity index (χ2v) is 21.3. The van der Waals surface area contributed by atoms with Crippen LogP contribution in [0.1, 0.15) is 206 Å². The quantitative estimate of drug-likeness (QED) is 0.0272. The number of nitrogens with one attached hydrogen (secondary N) is 1. The van der Waals surface area contributed by atoms with Crippen molar-refractivity contribution in [3.63, 3.8) is 0 Å². The Morgan fingerprint density at radius 3 is 1.29 bits per heavy atom. The summed E-state index contributed by atoms with van der Waals surface area (Å²) < 4.78 is 23.2. The lowest BCUT2D eigenvalue weighted by molar-refractivity contribution is -0.870. The molecule has 0 radical (unpaired) electrons. The third-order valence-electron chi connectivity index (χ3n) is 11.9. The fourth-order valence-electron chi connectivity index (χ4n) is 7.50. The Morgan fingerprint density at radius 1 is 0.514 bits per heavy atom. The molecule has 0 rings (SSSR count). The van der Waals surface area contributed by atoms with E-state index in [4.69, 9.17) is 9.05 Å². The molecule has 72 heavy (non-hydrogen) atoms. The highest BCUT2D eigenvalue weighted by molar-refractivity contribution is 7.45. The predicted molar refractivity (Wildman–Crippen MR) is 311 cm³/mol. The molecule has 3 atom stereocenters. The molecule has 2 N–H and O–H groups in total. The van der Waals surface area contributed by atoms with Gasteiger partial charge in [0.1, 0.15) is 13.2 Å². The van der Waals surface area contributed by atoms with Gasteiger partial charge in [-0.15, -0.1) is 0 Å². The summed E-state index contributed by atoms with van der Waals surface area (Å²) in [4.78, 5) is 25.3. The number of allylic oxidation sites excluding steroid dienone is 21. The molecule has 0 aromatic rings. The molecule has 0 aliphatic heterocycles. The van der Waals surface area contributed by atoms with Crippen LogP contribution in [0.2, 0.25) is 0 Å². The van der Waals surface area contributed by atoms with E-state index in [0.29, 0.717) is 17.4 Å². The lowest BCUT2D eigenvalue weighted by atomic mass is 10.0. The van der Waals surface area contributed by atoms with Crippen molar-refractivity contribution in [2.75, 3.05) is 40.9 Å². The summed E-state index contributed by atoms with van der Waals surface area (Å²) in [6.45, 7) is 4.25. The molecule has 0 aliphatic carbocycles. The van der Waals surface area contributed by atoms with Gasteiger partial charge in [-0.2, -0.15) is 0 Å². The number of unbranched alkanes of at least 4 members (excludes halogenated alkanes) is 18. The average molecular weight is 1020 g/mol. The van der Waals surface area contributed by atoms with E-state index >= 15 is 0 Å². The maximum atomic E-state index is 12.9. The first-order chi connectivity index (χ1) is 35.0. The first kappa shape index (κ1) is 68.6. The predicted octanol–water partition coefficient (Wildman–Crippen LogP) is 16.9. The number of hydrogen-bond acceptors (Lipinski definition) is 6. The third kappa shape index (κ3) is 54.4. The molecule has 410 valence electrons. The fraction of sp³-hybridized carbons (Fsp3) is 0.635. The minimum absolute atomic E-state index is 0.0143. The Labute approximate surface area is 443 Å². The van der Waals surface area contributed by atoms with Gasteiger partial charge in [0.05, 0.1) is 39.9 Å². The van der Waals surface area contributed by atoms with Crippen molar-refractivity contribution in [2.45, 2.75) is 219 Å². The SMILES string of the molecule is C/C=C/CC/C=C/CC/C=C/C(O)C(COP(=O)([O-])OCC[N+](C)(C)C)NC(=O)CCCCCCCCCCCCCCCCCC/C=C\C/C=C\C/C=C\C/C=C\C/C=C\C/C=C\C/C=C\C/C=C\CC. The number of amides is 1. The van der Waals surface area contributed by atoms with Gasteiger partial charge < -0.3 is 28.8 Å². The van der Waals surface area contributed by atoms with Gasteiger partial charge in [-0.05, 0) is 103 Å². The number of carbonyl (C=O) groups is 1. The Morgan fingerprint density at radius 2 is 0.875 bits per heavy atom. The van der Waals surface area contributed by atoms with Crippen molar-refractivity contribution in [1.29, 1.82) is 0 Å². The second kappa shape index (κ2) is 52.5. The van der Waals surface area contributed by atoms with Gasteiger partial charge in [-0.25, -0.2) is 0 Å². The maximum absolute atomic E-state index is 12.9. The van der Waals surface area contributed by atoms with Crippen LogP contribution in [-0.2, 0) is 18.4 Å². The van der Waals surface area contributed by atoms with Crippen molar-refractivity contribution < 1.29 is 32.9 Å². The van der Waals surface area contributed by atoms with Crippen LogP contribution in [0.3, 0.4) is 0 Å². The van der Waals surface area contributed by atoms with Crippen LogP contribution < -0.4 is 10.2 Å². The van der Waals surface area contributed by atoms with E-state index in [-0.39, 0.29) is 12.5 Å². The number of nitrogens with zero attached hydrogens (tertiary/aromatic N) is 1. The summed E-state index contributed by atoms with van der Waals surface area (Å²) in [5, 5.41) is 13.7. The van der Waals surface area contributed by atoms with Crippen molar-refractivity contribution in [1.82, 2.24) is 5.32 Å². The van der Waals surface area contributed by atoms with Gasteiger partial charge in [0.15, 0.2) is 0 Å². The van der Waals surface area contributed by atoms with Gasteiger partial charge in [-0.1, -0.05) is 230 Å². The molecule has 9 heteroatoms. The largest absolute Gasteiger partial charge is 0.756 e. The van der Waals surface area contributed by atoms with Gasteiger partial charge >= 0.3 is 0 Å². The fourth-order valence-corrected chi connectivity index (χ4v) is 8.22. The highest BCUT2D eigenvalue weighted by Crippen LogP contribution is 2.38. The van der Waals surface area contributed by atoms with E-state index in [1.807, 2.05) is 40.2 Å². The Kier molecular flexibility index (Phi) is 50.1. The number of phosphoric ester groups is 1. The number of aliphatic hydroxyl groups is 1. The van der Waals surface area contributed by atoms with E-state index in [2.05, 4.69) is 128 Å². The number of quaternary nitrogens is 1. The number of phosphoric acid groups is 1. The molecule has 0 saturated carbocycles. The van der Waals surface area contributed by atoms with Crippen LogP contribution in [0.25, 0.3) is 0 Å². The maximum Gasteiger partial charge on any atom is 0.268 e. The molecule has 3 unspecified atom stereocenters. The molecular formula is C63H107N2O6P. The minimum atomic E-state index is -4.60. The monoisotopic (exact) mass is 1020 g/mol. The van der Waals surface area contributed by atoms with Crippen LogP contribution in [0, 0.1) is 0 Å².